The minimum Gasteiger partial charge on any atom is -0.459 e. The van der Waals surface area contributed by atoms with Crippen molar-refractivity contribution in [3.05, 3.63) is 29.0 Å². The van der Waals surface area contributed by atoms with Crippen LogP contribution in [0.4, 0.5) is 0 Å². The zero-order valence-electron chi connectivity index (χ0n) is 13.4. The van der Waals surface area contributed by atoms with Gasteiger partial charge in [0.2, 0.25) is 0 Å². The smallest absolute Gasteiger partial charge is 0.273 e. The Balaban J connectivity index is 0.00000192. The Morgan fingerprint density at radius 2 is 2.17 bits per heavy atom. The second kappa shape index (κ2) is 7.95. The van der Waals surface area contributed by atoms with Crippen molar-refractivity contribution in [2.24, 2.45) is 5.92 Å². The molecule has 0 aliphatic carbocycles. The van der Waals surface area contributed by atoms with Crippen molar-refractivity contribution in [3.8, 4) is 10.8 Å². The number of halogens is 1. The lowest BCUT2D eigenvalue weighted by Gasteiger charge is -2.31. The summed E-state index contributed by atoms with van der Waals surface area (Å²) in [5, 5.41) is 5.81. The molecule has 1 aliphatic heterocycles. The lowest BCUT2D eigenvalue weighted by molar-refractivity contribution is 0.0686. The van der Waals surface area contributed by atoms with Crippen LogP contribution in [-0.2, 0) is 0 Å². The molecule has 126 valence electrons. The normalized spacial score (nSPS) is 15.5. The zero-order valence-corrected chi connectivity index (χ0v) is 15.0. The fourth-order valence-corrected chi connectivity index (χ4v) is 3.58. The molecule has 7 heteroatoms. The number of amides is 1. The van der Waals surface area contributed by atoms with Gasteiger partial charge in [-0.2, -0.15) is 0 Å². The Morgan fingerprint density at radius 3 is 2.78 bits per heavy atom. The molecule has 3 heterocycles. The van der Waals surface area contributed by atoms with Crippen molar-refractivity contribution in [2.45, 2.75) is 19.8 Å². The van der Waals surface area contributed by atoms with E-state index < -0.39 is 0 Å². The highest BCUT2D eigenvalue weighted by Gasteiger charge is 2.25. The molecule has 0 atom stereocenters. The van der Waals surface area contributed by atoms with Crippen molar-refractivity contribution in [2.75, 3.05) is 26.7 Å². The maximum absolute atomic E-state index is 12.5. The molecule has 0 radical (unpaired) electrons. The van der Waals surface area contributed by atoms with Gasteiger partial charge in [0.25, 0.3) is 5.91 Å². The predicted octanol–water partition coefficient (Wildman–Crippen LogP) is 3.20. The first-order chi connectivity index (χ1) is 10.7. The summed E-state index contributed by atoms with van der Waals surface area (Å²) in [6, 6.07) is 3.80. The van der Waals surface area contributed by atoms with E-state index in [4.69, 9.17) is 4.42 Å². The summed E-state index contributed by atoms with van der Waals surface area (Å²) in [7, 11) is 1.98. The molecule has 0 bridgehead atoms. The van der Waals surface area contributed by atoms with Crippen LogP contribution >= 0.6 is 23.7 Å². The number of aromatic nitrogens is 1. The quantitative estimate of drug-likeness (QED) is 0.914. The van der Waals surface area contributed by atoms with Crippen molar-refractivity contribution in [3.63, 3.8) is 0 Å². The molecule has 23 heavy (non-hydrogen) atoms. The van der Waals surface area contributed by atoms with E-state index in [0.29, 0.717) is 11.6 Å². The van der Waals surface area contributed by atoms with Crippen molar-refractivity contribution >= 4 is 29.7 Å². The average molecular weight is 356 g/mol. The van der Waals surface area contributed by atoms with E-state index in [1.807, 2.05) is 36.4 Å². The molecule has 1 fully saturated rings. The molecule has 1 amide bonds. The number of thiazole rings is 1. The van der Waals surface area contributed by atoms with Crippen LogP contribution in [0.2, 0.25) is 0 Å². The van der Waals surface area contributed by atoms with E-state index in [-0.39, 0.29) is 18.3 Å². The van der Waals surface area contributed by atoms with Gasteiger partial charge < -0.3 is 14.6 Å². The average Bonchev–Trinajstić information content (AvgIpc) is 3.16. The SMILES string of the molecule is CNCC1CCN(C(=O)c2csc(-c3ccc(C)o3)n2)CC1.Cl. The zero-order chi connectivity index (χ0) is 15.5. The number of hydrogen-bond donors (Lipinski definition) is 1. The first kappa shape index (κ1) is 18.0. The second-order valence-corrected chi connectivity index (χ2v) is 6.60. The Hall–Kier alpha value is -1.37. The summed E-state index contributed by atoms with van der Waals surface area (Å²) in [6.45, 7) is 4.56. The molecule has 0 saturated carbocycles. The molecule has 3 rings (SSSR count). The van der Waals surface area contributed by atoms with Crippen LogP contribution in [0.5, 0.6) is 0 Å². The fraction of sp³-hybridized carbons (Fsp3) is 0.500. The van der Waals surface area contributed by atoms with Gasteiger partial charge in [-0.15, -0.1) is 23.7 Å². The molecular formula is C16H22ClN3O2S. The van der Waals surface area contributed by atoms with Crippen LogP contribution in [0, 0.1) is 12.8 Å². The van der Waals surface area contributed by atoms with E-state index >= 15 is 0 Å². The van der Waals surface area contributed by atoms with Gasteiger partial charge in [-0.1, -0.05) is 0 Å². The standard InChI is InChI=1S/C16H21N3O2S.ClH/c1-11-3-4-14(21-11)15-18-13(10-22-15)16(20)19-7-5-12(6-8-19)9-17-2;/h3-4,10,12,17H,5-9H2,1-2H3;1H. The van der Waals surface area contributed by atoms with Crippen molar-refractivity contribution in [1.82, 2.24) is 15.2 Å². The van der Waals surface area contributed by atoms with E-state index in [1.54, 1.807) is 0 Å². The molecule has 1 N–H and O–H groups in total. The van der Waals surface area contributed by atoms with E-state index in [9.17, 15) is 4.79 Å². The molecule has 0 unspecified atom stereocenters. The van der Waals surface area contributed by atoms with Gasteiger partial charge in [-0.3, -0.25) is 4.79 Å². The second-order valence-electron chi connectivity index (χ2n) is 5.74. The lowest BCUT2D eigenvalue weighted by Crippen LogP contribution is -2.40. The van der Waals surface area contributed by atoms with Crippen LogP contribution in [0.25, 0.3) is 10.8 Å². The highest BCUT2D eigenvalue weighted by molar-refractivity contribution is 7.13. The number of carbonyl (C=O) groups excluding carboxylic acids is 1. The summed E-state index contributed by atoms with van der Waals surface area (Å²) in [4.78, 5) is 18.9. The van der Waals surface area contributed by atoms with Crippen molar-refractivity contribution in [1.29, 1.82) is 0 Å². The van der Waals surface area contributed by atoms with Crippen LogP contribution in [-0.4, -0.2) is 42.5 Å². The first-order valence-corrected chi connectivity index (χ1v) is 8.51. The monoisotopic (exact) mass is 355 g/mol. The third kappa shape index (κ3) is 4.13. The summed E-state index contributed by atoms with van der Waals surface area (Å²) in [5.41, 5.74) is 0.529. The van der Waals surface area contributed by atoms with E-state index in [0.717, 1.165) is 49.0 Å². The fourth-order valence-electron chi connectivity index (χ4n) is 2.83. The molecule has 1 saturated heterocycles. The van der Waals surface area contributed by atoms with Gasteiger partial charge in [0, 0.05) is 18.5 Å². The third-order valence-corrected chi connectivity index (χ3v) is 4.93. The van der Waals surface area contributed by atoms with Gasteiger partial charge >= 0.3 is 0 Å². The Morgan fingerprint density at radius 1 is 1.43 bits per heavy atom. The van der Waals surface area contributed by atoms with Gasteiger partial charge in [0.15, 0.2) is 10.8 Å². The number of likely N-dealkylation sites (tertiary alicyclic amines) is 1. The van der Waals surface area contributed by atoms with E-state index in [2.05, 4.69) is 10.3 Å². The number of hydrogen-bond acceptors (Lipinski definition) is 5. The van der Waals surface area contributed by atoms with Crippen LogP contribution in [0.1, 0.15) is 29.1 Å². The Labute approximate surface area is 146 Å². The summed E-state index contributed by atoms with van der Waals surface area (Å²) >= 11 is 1.45. The topological polar surface area (TPSA) is 58.4 Å². The Kier molecular flexibility index (Phi) is 6.21. The van der Waals surface area contributed by atoms with Gasteiger partial charge in [-0.05, 0) is 51.4 Å². The van der Waals surface area contributed by atoms with Gasteiger partial charge in [0.1, 0.15) is 11.5 Å². The number of aryl methyl sites for hydroxylation is 1. The summed E-state index contributed by atoms with van der Waals surface area (Å²) in [6.07, 6.45) is 2.11. The number of nitrogens with one attached hydrogen (secondary N) is 1. The van der Waals surface area contributed by atoms with Crippen LogP contribution in [0.15, 0.2) is 21.9 Å². The molecule has 5 nitrogen and oxygen atoms in total. The number of rotatable bonds is 4. The van der Waals surface area contributed by atoms with Gasteiger partial charge in [-0.25, -0.2) is 4.98 Å². The summed E-state index contributed by atoms with van der Waals surface area (Å²) in [5.74, 6) is 2.29. The molecule has 0 aromatic carbocycles. The summed E-state index contributed by atoms with van der Waals surface area (Å²) < 4.78 is 5.57. The van der Waals surface area contributed by atoms with E-state index in [1.165, 1.54) is 11.3 Å². The number of carbonyl (C=O) groups is 1. The van der Waals surface area contributed by atoms with Crippen LogP contribution < -0.4 is 5.32 Å². The minimum absolute atomic E-state index is 0. The third-order valence-electron chi connectivity index (χ3n) is 4.07. The highest BCUT2D eigenvalue weighted by atomic mass is 35.5. The van der Waals surface area contributed by atoms with Crippen LogP contribution in [0.3, 0.4) is 0 Å². The first-order valence-electron chi connectivity index (χ1n) is 7.63. The minimum atomic E-state index is 0. The predicted molar refractivity (Wildman–Crippen MR) is 94.4 cm³/mol. The molecule has 1 aliphatic rings. The Bertz CT molecular complexity index is 647. The maximum Gasteiger partial charge on any atom is 0.273 e. The number of nitrogens with zero attached hydrogens (tertiary/aromatic N) is 2. The molecule has 0 spiro atoms. The largest absolute Gasteiger partial charge is 0.459 e. The lowest BCUT2D eigenvalue weighted by atomic mass is 9.97. The highest BCUT2D eigenvalue weighted by Crippen LogP contribution is 2.26. The maximum atomic E-state index is 12.5. The molecule has 2 aromatic rings. The van der Waals surface area contributed by atoms with Gasteiger partial charge in [0.05, 0.1) is 0 Å². The molecular weight excluding hydrogens is 334 g/mol. The number of furan rings is 1. The van der Waals surface area contributed by atoms with Crippen molar-refractivity contribution < 1.29 is 9.21 Å². The molecule has 2 aromatic heterocycles. The number of piperidine rings is 1.